The summed E-state index contributed by atoms with van der Waals surface area (Å²) < 4.78 is 13.7. The lowest BCUT2D eigenvalue weighted by Crippen LogP contribution is -2.38. The van der Waals surface area contributed by atoms with Crippen molar-refractivity contribution < 1.29 is 9.15 Å². The van der Waals surface area contributed by atoms with Crippen LogP contribution in [0.3, 0.4) is 0 Å². The van der Waals surface area contributed by atoms with Gasteiger partial charge in [0, 0.05) is 32.4 Å². The molecule has 124 valence electrons. The van der Waals surface area contributed by atoms with Crippen LogP contribution >= 0.6 is 0 Å². The van der Waals surface area contributed by atoms with Crippen molar-refractivity contribution in [2.45, 2.75) is 44.4 Å². The van der Waals surface area contributed by atoms with Crippen molar-refractivity contribution in [3.63, 3.8) is 0 Å². The summed E-state index contributed by atoms with van der Waals surface area (Å²) in [6.07, 6.45) is 10.9. The third-order valence-corrected chi connectivity index (χ3v) is 4.98. The summed E-state index contributed by atoms with van der Waals surface area (Å²) in [4.78, 5) is 2.50. The van der Waals surface area contributed by atoms with Crippen LogP contribution in [0.5, 0.6) is 0 Å². The number of ether oxygens (including phenoxy) is 1. The molecule has 1 saturated carbocycles. The van der Waals surface area contributed by atoms with Crippen molar-refractivity contribution in [2.24, 2.45) is 13.0 Å². The van der Waals surface area contributed by atoms with Crippen LogP contribution in [-0.4, -0.2) is 40.0 Å². The van der Waals surface area contributed by atoms with E-state index in [1.807, 2.05) is 24.0 Å². The van der Waals surface area contributed by atoms with Crippen LogP contribution in [0.15, 0.2) is 35.2 Å². The standard InChI is InChI=1S/C18H25N3O2/c1-20-11-15(10-19-20)9-17-18(23-13-14-4-5-14)6-7-21(17)12-16-3-2-8-22-16/h2-3,8,10-11,14,17-18H,4-7,9,12-13H2,1H3/t17-,18-/m0/s1. The summed E-state index contributed by atoms with van der Waals surface area (Å²) in [5, 5.41) is 4.31. The van der Waals surface area contributed by atoms with Crippen LogP contribution in [0.2, 0.25) is 0 Å². The minimum atomic E-state index is 0.325. The molecule has 2 aromatic heterocycles. The highest BCUT2D eigenvalue weighted by molar-refractivity contribution is 5.09. The monoisotopic (exact) mass is 315 g/mol. The molecule has 2 fully saturated rings. The second-order valence-electron chi connectivity index (χ2n) is 6.95. The summed E-state index contributed by atoms with van der Waals surface area (Å²) in [5.74, 6) is 1.84. The Morgan fingerprint density at radius 2 is 2.26 bits per heavy atom. The Morgan fingerprint density at radius 3 is 2.96 bits per heavy atom. The average molecular weight is 315 g/mol. The lowest BCUT2D eigenvalue weighted by molar-refractivity contribution is 0.0187. The molecule has 0 aromatic carbocycles. The number of likely N-dealkylation sites (tertiary alicyclic amines) is 1. The van der Waals surface area contributed by atoms with E-state index < -0.39 is 0 Å². The van der Waals surface area contributed by atoms with Crippen molar-refractivity contribution in [1.29, 1.82) is 0 Å². The predicted molar refractivity (Wildman–Crippen MR) is 86.9 cm³/mol. The molecule has 0 spiro atoms. The zero-order chi connectivity index (χ0) is 15.6. The predicted octanol–water partition coefficient (Wildman–Crippen LogP) is 2.63. The van der Waals surface area contributed by atoms with E-state index in [4.69, 9.17) is 9.15 Å². The largest absolute Gasteiger partial charge is 0.468 e. The molecule has 2 aromatic rings. The van der Waals surface area contributed by atoms with Crippen molar-refractivity contribution in [3.8, 4) is 0 Å². The van der Waals surface area contributed by atoms with Gasteiger partial charge in [-0.1, -0.05) is 0 Å². The van der Waals surface area contributed by atoms with Gasteiger partial charge in [0.25, 0.3) is 0 Å². The van der Waals surface area contributed by atoms with E-state index in [0.717, 1.165) is 44.2 Å². The molecule has 23 heavy (non-hydrogen) atoms. The Kier molecular flexibility index (Phi) is 4.23. The summed E-state index contributed by atoms with van der Waals surface area (Å²) in [5.41, 5.74) is 1.28. The topological polar surface area (TPSA) is 43.4 Å². The van der Waals surface area contributed by atoms with E-state index >= 15 is 0 Å². The first kappa shape index (κ1) is 15.0. The second kappa shape index (κ2) is 6.49. The fourth-order valence-electron chi connectivity index (χ4n) is 3.50. The maximum absolute atomic E-state index is 6.27. The Labute approximate surface area is 137 Å². The van der Waals surface area contributed by atoms with E-state index in [9.17, 15) is 0 Å². The van der Waals surface area contributed by atoms with Gasteiger partial charge in [0.2, 0.25) is 0 Å². The summed E-state index contributed by atoms with van der Waals surface area (Å²) in [7, 11) is 1.97. The lowest BCUT2D eigenvalue weighted by atomic mass is 10.0. The van der Waals surface area contributed by atoms with Gasteiger partial charge < -0.3 is 9.15 Å². The van der Waals surface area contributed by atoms with Crippen LogP contribution in [0.25, 0.3) is 0 Å². The number of nitrogens with zero attached hydrogens (tertiary/aromatic N) is 3. The van der Waals surface area contributed by atoms with Crippen LogP contribution in [0, 0.1) is 5.92 Å². The summed E-state index contributed by atoms with van der Waals surface area (Å²) in [6, 6.07) is 4.42. The van der Waals surface area contributed by atoms with E-state index in [1.54, 1.807) is 6.26 Å². The molecule has 2 aliphatic rings. The molecule has 0 radical (unpaired) electrons. The number of rotatable bonds is 7. The molecule has 0 unspecified atom stereocenters. The van der Waals surface area contributed by atoms with Crippen LogP contribution < -0.4 is 0 Å². The maximum atomic E-state index is 6.27. The van der Waals surface area contributed by atoms with Crippen LogP contribution in [0.4, 0.5) is 0 Å². The molecule has 1 saturated heterocycles. The third kappa shape index (κ3) is 3.67. The highest BCUT2D eigenvalue weighted by Gasteiger charge is 2.36. The van der Waals surface area contributed by atoms with E-state index in [-0.39, 0.29) is 0 Å². The minimum absolute atomic E-state index is 0.325. The SMILES string of the molecule is Cn1cc(C[C@H]2[C@@H](OCC3CC3)CCN2Cc2ccco2)cn1. The zero-order valence-corrected chi connectivity index (χ0v) is 13.7. The molecule has 4 rings (SSSR count). The second-order valence-corrected chi connectivity index (χ2v) is 6.95. The lowest BCUT2D eigenvalue weighted by Gasteiger charge is -2.27. The average Bonchev–Trinajstić information content (AvgIpc) is 2.92. The summed E-state index contributed by atoms with van der Waals surface area (Å²) >= 11 is 0. The Hall–Kier alpha value is -1.59. The first-order valence-electron chi connectivity index (χ1n) is 8.63. The maximum Gasteiger partial charge on any atom is 0.117 e. The molecule has 5 heteroatoms. The van der Waals surface area contributed by atoms with Gasteiger partial charge in [0.05, 0.1) is 25.1 Å². The zero-order valence-electron chi connectivity index (χ0n) is 13.7. The van der Waals surface area contributed by atoms with Crippen molar-refractivity contribution >= 4 is 0 Å². The van der Waals surface area contributed by atoms with Crippen molar-refractivity contribution in [2.75, 3.05) is 13.2 Å². The minimum Gasteiger partial charge on any atom is -0.468 e. The highest BCUT2D eigenvalue weighted by Crippen LogP contribution is 2.32. The van der Waals surface area contributed by atoms with Gasteiger partial charge in [0.15, 0.2) is 0 Å². The molecule has 0 bridgehead atoms. The van der Waals surface area contributed by atoms with E-state index in [2.05, 4.69) is 22.3 Å². The van der Waals surface area contributed by atoms with Gasteiger partial charge in [0.1, 0.15) is 5.76 Å². The first-order chi connectivity index (χ1) is 11.3. The number of aryl methyl sites for hydroxylation is 1. The number of hydrogen-bond donors (Lipinski definition) is 0. The normalized spacial score (nSPS) is 25.3. The molecule has 5 nitrogen and oxygen atoms in total. The van der Waals surface area contributed by atoms with Crippen molar-refractivity contribution in [1.82, 2.24) is 14.7 Å². The molecule has 2 atom stereocenters. The highest BCUT2D eigenvalue weighted by atomic mass is 16.5. The molecule has 0 N–H and O–H groups in total. The Balaban J connectivity index is 1.45. The first-order valence-corrected chi connectivity index (χ1v) is 8.63. The molecule has 3 heterocycles. The van der Waals surface area contributed by atoms with Gasteiger partial charge in [-0.15, -0.1) is 0 Å². The third-order valence-electron chi connectivity index (χ3n) is 4.98. The van der Waals surface area contributed by atoms with Crippen molar-refractivity contribution in [3.05, 3.63) is 42.1 Å². The molecule has 0 amide bonds. The van der Waals surface area contributed by atoms with Gasteiger partial charge >= 0.3 is 0 Å². The molecule has 1 aliphatic heterocycles. The Morgan fingerprint density at radius 1 is 1.35 bits per heavy atom. The quantitative estimate of drug-likeness (QED) is 0.788. The summed E-state index contributed by atoms with van der Waals surface area (Å²) in [6.45, 7) is 2.87. The fraction of sp³-hybridized carbons (Fsp3) is 0.611. The number of furan rings is 1. The number of hydrogen-bond acceptors (Lipinski definition) is 4. The molecule has 1 aliphatic carbocycles. The van der Waals surface area contributed by atoms with Crippen LogP contribution in [0.1, 0.15) is 30.6 Å². The number of aromatic nitrogens is 2. The van der Waals surface area contributed by atoms with Gasteiger partial charge in [-0.25, -0.2) is 0 Å². The van der Waals surface area contributed by atoms with Crippen LogP contribution in [-0.2, 0) is 24.8 Å². The van der Waals surface area contributed by atoms with E-state index in [1.165, 1.54) is 18.4 Å². The smallest absolute Gasteiger partial charge is 0.117 e. The van der Waals surface area contributed by atoms with E-state index in [0.29, 0.717) is 12.1 Å². The van der Waals surface area contributed by atoms with Gasteiger partial charge in [-0.3, -0.25) is 9.58 Å². The molecular formula is C18H25N3O2. The van der Waals surface area contributed by atoms with Gasteiger partial charge in [-0.05, 0) is 49.3 Å². The van der Waals surface area contributed by atoms with Gasteiger partial charge in [-0.2, -0.15) is 5.10 Å². The fourth-order valence-corrected chi connectivity index (χ4v) is 3.50. The molecular weight excluding hydrogens is 290 g/mol. The Bertz CT molecular complexity index is 618.